The second-order valence-electron chi connectivity index (χ2n) is 2.32. The van der Waals surface area contributed by atoms with E-state index >= 15 is 0 Å². The lowest BCUT2D eigenvalue weighted by atomic mass is 10.3. The summed E-state index contributed by atoms with van der Waals surface area (Å²) in [6.45, 7) is 0. The molecule has 0 heterocycles. The summed E-state index contributed by atoms with van der Waals surface area (Å²) in [5, 5.41) is 2.52. The van der Waals surface area contributed by atoms with Gasteiger partial charge < -0.3 is 4.74 Å². The monoisotopic (exact) mass is 341 g/mol. The highest BCUT2D eigenvalue weighted by Crippen LogP contribution is 2.23. The predicted octanol–water partition coefficient (Wildman–Crippen LogP) is 3.96. The van der Waals surface area contributed by atoms with Gasteiger partial charge in [0.1, 0.15) is 0 Å². The summed E-state index contributed by atoms with van der Waals surface area (Å²) >= 11 is 11.8. The highest BCUT2D eigenvalue weighted by atomic mass is 79.9. The minimum atomic E-state index is -0.579. The molecule has 0 aliphatic carbocycles. The van der Waals surface area contributed by atoms with E-state index in [9.17, 15) is 4.79 Å². The Labute approximate surface area is 103 Å². The van der Waals surface area contributed by atoms with Crippen molar-refractivity contribution in [3.8, 4) is 0 Å². The smallest absolute Gasteiger partial charge is 0.412 e. The Morgan fingerprint density at radius 1 is 1.36 bits per heavy atom. The molecule has 0 atom stereocenters. The molecule has 0 fully saturated rings. The standard InChI is InChI=1S/C8H6Br2ClNO2/c9-5-1-6(10)3-7(2-5)12-8(13)14-4-11/h1-3H,4H2,(H,12,13). The van der Waals surface area contributed by atoms with Gasteiger partial charge in [0, 0.05) is 14.6 Å². The zero-order valence-corrected chi connectivity index (χ0v) is 10.8. The van der Waals surface area contributed by atoms with Crippen LogP contribution in [0.15, 0.2) is 27.1 Å². The zero-order valence-electron chi connectivity index (χ0n) is 6.89. The number of amides is 1. The van der Waals surface area contributed by atoms with Gasteiger partial charge in [-0.15, -0.1) is 0 Å². The fourth-order valence-corrected chi connectivity index (χ4v) is 2.22. The van der Waals surface area contributed by atoms with Crippen LogP contribution in [0.5, 0.6) is 0 Å². The molecule has 0 spiro atoms. The van der Waals surface area contributed by atoms with Crippen molar-refractivity contribution in [1.29, 1.82) is 0 Å². The number of benzene rings is 1. The van der Waals surface area contributed by atoms with E-state index in [1.165, 1.54) is 0 Å². The maximum atomic E-state index is 11.0. The van der Waals surface area contributed by atoms with Gasteiger partial charge in [0.15, 0.2) is 6.07 Å². The second kappa shape index (κ2) is 5.58. The van der Waals surface area contributed by atoms with Gasteiger partial charge in [-0.2, -0.15) is 0 Å². The van der Waals surface area contributed by atoms with E-state index in [1.807, 2.05) is 6.07 Å². The maximum Gasteiger partial charge on any atom is 0.412 e. The third-order valence-electron chi connectivity index (χ3n) is 1.29. The van der Waals surface area contributed by atoms with Crippen molar-refractivity contribution in [1.82, 2.24) is 0 Å². The minimum absolute atomic E-state index is 0.166. The highest BCUT2D eigenvalue weighted by molar-refractivity contribution is 9.11. The molecular formula is C8H6Br2ClNO2. The Balaban J connectivity index is 2.71. The van der Waals surface area contributed by atoms with Crippen molar-refractivity contribution in [3.63, 3.8) is 0 Å². The second-order valence-corrected chi connectivity index (χ2v) is 4.37. The average Bonchev–Trinajstić information content (AvgIpc) is 2.01. The van der Waals surface area contributed by atoms with Gasteiger partial charge in [0.2, 0.25) is 0 Å². The lowest BCUT2D eigenvalue weighted by molar-refractivity contribution is 0.180. The van der Waals surface area contributed by atoms with Gasteiger partial charge >= 0.3 is 6.09 Å². The average molecular weight is 343 g/mol. The molecule has 1 aromatic carbocycles. The number of carbonyl (C=O) groups is 1. The summed E-state index contributed by atoms with van der Waals surface area (Å²) in [6.07, 6.45) is -0.579. The summed E-state index contributed by atoms with van der Waals surface area (Å²) in [6, 6.07) is 5.19. The van der Waals surface area contributed by atoms with Crippen molar-refractivity contribution in [2.24, 2.45) is 0 Å². The van der Waals surface area contributed by atoms with Crippen LogP contribution in [-0.2, 0) is 4.74 Å². The first-order valence-electron chi connectivity index (χ1n) is 3.57. The Morgan fingerprint density at radius 2 is 1.93 bits per heavy atom. The number of ether oxygens (including phenoxy) is 1. The summed E-state index contributed by atoms with van der Waals surface area (Å²) in [5.41, 5.74) is 0.626. The third kappa shape index (κ3) is 3.86. The van der Waals surface area contributed by atoms with E-state index in [1.54, 1.807) is 12.1 Å². The van der Waals surface area contributed by atoms with Gasteiger partial charge in [0.25, 0.3) is 0 Å². The molecule has 0 unspecified atom stereocenters. The Hall–Kier alpha value is -0.260. The lowest BCUT2D eigenvalue weighted by Gasteiger charge is -2.05. The number of carbonyl (C=O) groups excluding carboxylic acids is 1. The molecular weight excluding hydrogens is 337 g/mol. The number of nitrogens with one attached hydrogen (secondary N) is 1. The van der Waals surface area contributed by atoms with Crippen LogP contribution in [0.1, 0.15) is 0 Å². The Bertz CT molecular complexity index is 326. The van der Waals surface area contributed by atoms with E-state index in [0.717, 1.165) is 8.95 Å². The molecule has 1 N–H and O–H groups in total. The molecule has 0 radical (unpaired) electrons. The summed E-state index contributed by atoms with van der Waals surface area (Å²) in [7, 11) is 0. The van der Waals surface area contributed by atoms with Crippen molar-refractivity contribution < 1.29 is 9.53 Å². The number of hydrogen-bond acceptors (Lipinski definition) is 2. The SMILES string of the molecule is O=C(Nc1cc(Br)cc(Br)c1)OCCl. The van der Waals surface area contributed by atoms with Gasteiger partial charge in [0.05, 0.1) is 0 Å². The third-order valence-corrected chi connectivity index (χ3v) is 2.32. The van der Waals surface area contributed by atoms with Crippen LogP contribution in [0, 0.1) is 0 Å². The van der Waals surface area contributed by atoms with E-state index < -0.39 is 6.09 Å². The first-order chi connectivity index (χ1) is 6.61. The molecule has 0 bridgehead atoms. The molecule has 1 amide bonds. The van der Waals surface area contributed by atoms with Crippen molar-refractivity contribution in [2.75, 3.05) is 11.4 Å². The highest BCUT2D eigenvalue weighted by Gasteiger charge is 2.03. The van der Waals surface area contributed by atoms with E-state index in [2.05, 4.69) is 41.9 Å². The van der Waals surface area contributed by atoms with Crippen LogP contribution >= 0.6 is 43.5 Å². The summed E-state index contributed by atoms with van der Waals surface area (Å²) in [5.74, 6) is 0. The predicted molar refractivity (Wildman–Crippen MR) is 62.7 cm³/mol. The molecule has 0 saturated carbocycles. The summed E-state index contributed by atoms with van der Waals surface area (Å²) in [4.78, 5) is 11.0. The molecule has 1 rings (SSSR count). The normalized spacial score (nSPS) is 9.64. The lowest BCUT2D eigenvalue weighted by Crippen LogP contribution is -2.12. The maximum absolute atomic E-state index is 11.0. The van der Waals surface area contributed by atoms with E-state index in [0.29, 0.717) is 5.69 Å². The number of rotatable bonds is 2. The Morgan fingerprint density at radius 3 is 2.43 bits per heavy atom. The molecule has 0 aliphatic heterocycles. The fraction of sp³-hybridized carbons (Fsp3) is 0.125. The molecule has 6 heteroatoms. The topological polar surface area (TPSA) is 38.3 Å². The minimum Gasteiger partial charge on any atom is -0.433 e. The van der Waals surface area contributed by atoms with Gasteiger partial charge in [-0.05, 0) is 18.2 Å². The number of halogens is 3. The molecule has 76 valence electrons. The largest absolute Gasteiger partial charge is 0.433 e. The van der Waals surface area contributed by atoms with Crippen molar-refractivity contribution >= 4 is 55.2 Å². The van der Waals surface area contributed by atoms with Crippen LogP contribution in [0.4, 0.5) is 10.5 Å². The quantitative estimate of drug-likeness (QED) is 0.826. The van der Waals surface area contributed by atoms with Crippen LogP contribution in [0.2, 0.25) is 0 Å². The number of anilines is 1. The van der Waals surface area contributed by atoms with Crippen LogP contribution in [0.3, 0.4) is 0 Å². The van der Waals surface area contributed by atoms with Crippen molar-refractivity contribution in [3.05, 3.63) is 27.1 Å². The van der Waals surface area contributed by atoms with Crippen LogP contribution in [-0.4, -0.2) is 12.2 Å². The van der Waals surface area contributed by atoms with Gasteiger partial charge in [-0.1, -0.05) is 43.5 Å². The fourth-order valence-electron chi connectivity index (χ4n) is 0.829. The molecule has 0 saturated heterocycles. The molecule has 3 nitrogen and oxygen atoms in total. The Kier molecular flexibility index (Phi) is 4.71. The van der Waals surface area contributed by atoms with E-state index in [4.69, 9.17) is 11.6 Å². The van der Waals surface area contributed by atoms with Crippen molar-refractivity contribution in [2.45, 2.75) is 0 Å². The molecule has 1 aromatic rings. The molecule has 0 aromatic heterocycles. The summed E-state index contributed by atoms with van der Waals surface area (Å²) < 4.78 is 6.22. The molecule has 14 heavy (non-hydrogen) atoms. The number of alkyl halides is 1. The first kappa shape index (κ1) is 11.8. The van der Waals surface area contributed by atoms with E-state index in [-0.39, 0.29) is 6.07 Å². The number of hydrogen-bond donors (Lipinski definition) is 1. The van der Waals surface area contributed by atoms with Gasteiger partial charge in [-0.3, -0.25) is 5.32 Å². The van der Waals surface area contributed by atoms with Gasteiger partial charge in [-0.25, -0.2) is 4.79 Å². The molecule has 0 aliphatic rings. The van der Waals surface area contributed by atoms with Crippen LogP contribution in [0.25, 0.3) is 0 Å². The van der Waals surface area contributed by atoms with Crippen LogP contribution < -0.4 is 5.32 Å². The first-order valence-corrected chi connectivity index (χ1v) is 5.69. The zero-order chi connectivity index (χ0) is 10.6.